The third kappa shape index (κ3) is 4.42. The number of aromatic nitrogens is 3. The van der Waals surface area contributed by atoms with Gasteiger partial charge in [0.05, 0.1) is 28.6 Å². The molecule has 0 saturated carbocycles. The lowest BCUT2D eigenvalue weighted by atomic mass is 10.0. The van der Waals surface area contributed by atoms with Crippen LogP contribution in [0.25, 0.3) is 0 Å². The molecule has 0 radical (unpaired) electrons. The predicted molar refractivity (Wildman–Crippen MR) is 103 cm³/mol. The lowest BCUT2D eigenvalue weighted by Gasteiger charge is -2.41. The van der Waals surface area contributed by atoms with E-state index in [0.717, 1.165) is 6.42 Å². The van der Waals surface area contributed by atoms with Crippen molar-refractivity contribution in [3.63, 3.8) is 0 Å². The number of carbonyl (C=O) groups is 2. The summed E-state index contributed by atoms with van der Waals surface area (Å²) in [5, 5.41) is 9.16. The minimum Gasteiger partial charge on any atom is -0.349 e. The van der Waals surface area contributed by atoms with Crippen molar-refractivity contribution in [2.75, 3.05) is 23.6 Å². The van der Waals surface area contributed by atoms with Crippen LogP contribution in [-0.4, -0.2) is 65.2 Å². The summed E-state index contributed by atoms with van der Waals surface area (Å²) in [6, 6.07) is 2.81. The average Bonchev–Trinajstić information content (AvgIpc) is 3.07. The van der Waals surface area contributed by atoms with E-state index in [0.29, 0.717) is 12.1 Å². The Morgan fingerprint density at radius 1 is 1.36 bits per heavy atom. The Morgan fingerprint density at radius 2 is 2.14 bits per heavy atom. The van der Waals surface area contributed by atoms with Crippen LogP contribution >= 0.6 is 11.6 Å². The van der Waals surface area contributed by atoms with Crippen LogP contribution in [0.2, 0.25) is 5.02 Å². The molecule has 3 N–H and O–H groups in total. The van der Waals surface area contributed by atoms with Gasteiger partial charge >= 0.3 is 0 Å². The van der Waals surface area contributed by atoms with E-state index < -0.39 is 15.9 Å². The summed E-state index contributed by atoms with van der Waals surface area (Å²) in [6.07, 6.45) is 3.42. The van der Waals surface area contributed by atoms with Crippen LogP contribution in [0.3, 0.4) is 0 Å². The number of H-pyrrole nitrogens is 1. The van der Waals surface area contributed by atoms with Crippen LogP contribution in [-0.2, 0) is 10.0 Å². The van der Waals surface area contributed by atoms with Crippen molar-refractivity contribution in [1.29, 1.82) is 0 Å². The van der Waals surface area contributed by atoms with Gasteiger partial charge in [-0.3, -0.25) is 19.4 Å². The normalized spacial score (nSPS) is 16.4. The van der Waals surface area contributed by atoms with Gasteiger partial charge in [0.1, 0.15) is 11.5 Å². The minimum absolute atomic E-state index is 0.0691. The zero-order valence-corrected chi connectivity index (χ0v) is 16.5. The summed E-state index contributed by atoms with van der Waals surface area (Å²) in [5.74, 6) is -0.541. The number of likely N-dealkylation sites (tertiary alicyclic amines) is 1. The number of nitrogens with one attached hydrogen (secondary N) is 3. The van der Waals surface area contributed by atoms with E-state index in [4.69, 9.17) is 11.6 Å². The fourth-order valence-corrected chi connectivity index (χ4v) is 3.39. The summed E-state index contributed by atoms with van der Waals surface area (Å²) in [7, 11) is -3.43. The third-order valence-corrected chi connectivity index (χ3v) is 5.94. The molecule has 0 bridgehead atoms. The van der Waals surface area contributed by atoms with Gasteiger partial charge in [0.25, 0.3) is 11.8 Å². The zero-order chi connectivity index (χ0) is 20.3. The van der Waals surface area contributed by atoms with Gasteiger partial charge in [-0.15, -0.1) is 0 Å². The summed E-state index contributed by atoms with van der Waals surface area (Å²) in [5.41, 5.74) is 0.514. The number of carbonyl (C=O) groups excluding carboxylic acids is 2. The molecule has 0 aromatic carbocycles. The molecule has 2 aromatic rings. The van der Waals surface area contributed by atoms with Crippen LogP contribution in [0, 0.1) is 0 Å². The highest BCUT2D eigenvalue weighted by molar-refractivity contribution is 7.92. The highest BCUT2D eigenvalue weighted by Gasteiger charge is 2.33. The van der Waals surface area contributed by atoms with Crippen LogP contribution in [0.5, 0.6) is 0 Å². The molecule has 1 fully saturated rings. The predicted octanol–water partition coefficient (Wildman–Crippen LogP) is 0.864. The molecule has 1 aliphatic heterocycles. The van der Waals surface area contributed by atoms with Gasteiger partial charge in [0.2, 0.25) is 10.0 Å². The van der Waals surface area contributed by atoms with Gasteiger partial charge in [0.15, 0.2) is 0 Å². The van der Waals surface area contributed by atoms with E-state index in [1.165, 1.54) is 31.5 Å². The van der Waals surface area contributed by atoms with Crippen LogP contribution in [0.15, 0.2) is 24.5 Å². The number of amides is 2. The summed E-state index contributed by atoms with van der Waals surface area (Å²) < 4.78 is 25.4. The van der Waals surface area contributed by atoms with E-state index >= 15 is 0 Å². The number of sulfonamides is 1. The first-order valence-corrected chi connectivity index (χ1v) is 10.6. The summed E-state index contributed by atoms with van der Waals surface area (Å²) >= 11 is 5.85. The first-order chi connectivity index (χ1) is 13.3. The van der Waals surface area contributed by atoms with Crippen LogP contribution < -0.4 is 10.0 Å². The number of aromatic amines is 1. The Hall–Kier alpha value is -2.66. The van der Waals surface area contributed by atoms with Gasteiger partial charge < -0.3 is 10.2 Å². The smallest absolute Gasteiger partial charge is 0.270 e. The minimum atomic E-state index is -3.43. The maximum absolute atomic E-state index is 12.6. The highest BCUT2D eigenvalue weighted by Crippen LogP contribution is 2.21. The van der Waals surface area contributed by atoms with Crippen molar-refractivity contribution in [2.45, 2.75) is 19.4 Å². The maximum Gasteiger partial charge on any atom is 0.270 e. The number of halogens is 1. The number of pyridine rings is 1. The standard InChI is InChI=1S/C16H19ClN6O4S/c1-2-28(26,27)22-13-4-3-10(7-18-13)16(25)23-6-5-11(23)8-19-15(24)14-12(17)9-20-21-14/h3-4,7,9,11H,2,5-6,8H2,1H3,(H,18,22)(H,19,24)(H,20,21). The van der Waals surface area contributed by atoms with E-state index in [1.807, 2.05) is 0 Å². The highest BCUT2D eigenvalue weighted by atomic mass is 35.5. The van der Waals surface area contributed by atoms with Crippen LogP contribution in [0.4, 0.5) is 5.82 Å². The molecule has 28 heavy (non-hydrogen) atoms. The van der Waals surface area contributed by atoms with Crippen molar-refractivity contribution in [2.24, 2.45) is 0 Å². The molecule has 12 heteroatoms. The number of anilines is 1. The van der Waals surface area contributed by atoms with E-state index in [1.54, 1.807) is 4.90 Å². The summed E-state index contributed by atoms with van der Waals surface area (Å²) in [4.78, 5) is 30.3. The molecule has 10 nitrogen and oxygen atoms in total. The monoisotopic (exact) mass is 426 g/mol. The Morgan fingerprint density at radius 3 is 2.68 bits per heavy atom. The molecule has 0 spiro atoms. The topological polar surface area (TPSA) is 137 Å². The quantitative estimate of drug-likeness (QED) is 0.600. The molecule has 1 unspecified atom stereocenters. The Kier molecular flexibility index (Phi) is 5.84. The molecule has 0 aliphatic carbocycles. The van der Waals surface area contributed by atoms with Crippen molar-refractivity contribution in [3.8, 4) is 0 Å². The van der Waals surface area contributed by atoms with Crippen LogP contribution in [0.1, 0.15) is 34.2 Å². The van der Waals surface area contributed by atoms with Gasteiger partial charge in [-0.05, 0) is 25.5 Å². The second-order valence-electron chi connectivity index (χ2n) is 6.18. The van der Waals surface area contributed by atoms with E-state index in [9.17, 15) is 18.0 Å². The number of hydrogen-bond donors (Lipinski definition) is 3. The molecule has 2 aromatic heterocycles. The Balaban J connectivity index is 1.57. The lowest BCUT2D eigenvalue weighted by Crippen LogP contribution is -2.56. The molecule has 150 valence electrons. The second-order valence-corrected chi connectivity index (χ2v) is 8.60. The number of rotatable bonds is 7. The fraction of sp³-hybridized carbons (Fsp3) is 0.375. The SMILES string of the molecule is CCS(=O)(=O)Nc1ccc(C(=O)N2CCC2CNC(=O)c2[nH]ncc2Cl)cn1. The van der Waals surface area contributed by atoms with E-state index in [2.05, 4.69) is 25.2 Å². The summed E-state index contributed by atoms with van der Waals surface area (Å²) in [6.45, 7) is 2.36. The third-order valence-electron chi connectivity index (χ3n) is 4.37. The van der Waals surface area contributed by atoms with Crippen molar-refractivity contribution in [1.82, 2.24) is 25.4 Å². The molecule has 3 rings (SSSR count). The zero-order valence-electron chi connectivity index (χ0n) is 15.0. The first-order valence-electron chi connectivity index (χ1n) is 8.55. The average molecular weight is 427 g/mol. The van der Waals surface area contributed by atoms with Gasteiger partial charge in [0, 0.05) is 19.3 Å². The van der Waals surface area contributed by atoms with Crippen molar-refractivity contribution >= 4 is 39.3 Å². The number of hydrogen-bond acceptors (Lipinski definition) is 6. The van der Waals surface area contributed by atoms with Gasteiger partial charge in [-0.25, -0.2) is 13.4 Å². The van der Waals surface area contributed by atoms with Gasteiger partial charge in [-0.1, -0.05) is 11.6 Å². The molecule has 2 amide bonds. The first kappa shape index (κ1) is 20.1. The molecule has 3 heterocycles. The number of nitrogens with zero attached hydrogens (tertiary/aromatic N) is 3. The van der Waals surface area contributed by atoms with E-state index in [-0.39, 0.29) is 40.8 Å². The maximum atomic E-state index is 12.6. The Bertz CT molecular complexity index is 975. The molecule has 1 saturated heterocycles. The lowest BCUT2D eigenvalue weighted by molar-refractivity contribution is 0.0455. The molecule has 1 aliphatic rings. The molecular formula is C16H19ClN6O4S. The van der Waals surface area contributed by atoms with Crippen molar-refractivity contribution < 1.29 is 18.0 Å². The van der Waals surface area contributed by atoms with Crippen molar-refractivity contribution in [3.05, 3.63) is 40.8 Å². The molecule has 1 atom stereocenters. The second kappa shape index (κ2) is 8.15. The molecular weight excluding hydrogens is 408 g/mol. The van der Waals surface area contributed by atoms with Gasteiger partial charge in [-0.2, -0.15) is 5.10 Å². The Labute approximate surface area is 166 Å². The largest absolute Gasteiger partial charge is 0.349 e. The fourth-order valence-electron chi connectivity index (χ4n) is 2.63.